The summed E-state index contributed by atoms with van der Waals surface area (Å²) in [6.45, 7) is 1.92. The number of nitrogen functional groups attached to an aromatic ring is 1. The van der Waals surface area contributed by atoms with Crippen LogP contribution in [0.2, 0.25) is 0 Å². The van der Waals surface area contributed by atoms with Gasteiger partial charge in [0.25, 0.3) is 0 Å². The van der Waals surface area contributed by atoms with Gasteiger partial charge in [-0.15, -0.1) is 11.3 Å². The Morgan fingerprint density at radius 2 is 2.25 bits per heavy atom. The molecule has 2 rings (SSSR count). The number of hydrogen-bond donors (Lipinski definition) is 2. The Morgan fingerprint density at radius 1 is 1.50 bits per heavy atom. The van der Waals surface area contributed by atoms with Gasteiger partial charge in [0.15, 0.2) is 0 Å². The van der Waals surface area contributed by atoms with Crippen molar-refractivity contribution < 1.29 is 5.11 Å². The van der Waals surface area contributed by atoms with Crippen molar-refractivity contribution in [3.8, 4) is 5.75 Å². The number of fused-ring (bicyclic) bond motifs is 1. The zero-order valence-corrected chi connectivity index (χ0v) is 7.48. The average molecular weight is 179 g/mol. The molecule has 12 heavy (non-hydrogen) atoms. The van der Waals surface area contributed by atoms with E-state index < -0.39 is 0 Å². The van der Waals surface area contributed by atoms with Gasteiger partial charge in [-0.05, 0) is 35.4 Å². The largest absolute Gasteiger partial charge is 0.506 e. The van der Waals surface area contributed by atoms with E-state index in [0.717, 1.165) is 15.6 Å². The number of aryl methyl sites for hydroxylation is 1. The van der Waals surface area contributed by atoms with Gasteiger partial charge in [-0.1, -0.05) is 0 Å². The first kappa shape index (κ1) is 7.43. The highest BCUT2D eigenvalue weighted by atomic mass is 32.1. The van der Waals surface area contributed by atoms with Crippen molar-refractivity contribution in [2.45, 2.75) is 6.92 Å². The number of hydrogen-bond acceptors (Lipinski definition) is 3. The summed E-state index contributed by atoms with van der Waals surface area (Å²) in [5.74, 6) is 0.183. The number of thiophene rings is 1. The molecule has 0 spiro atoms. The maximum Gasteiger partial charge on any atom is 0.140 e. The van der Waals surface area contributed by atoms with Crippen LogP contribution in [0.25, 0.3) is 10.1 Å². The van der Waals surface area contributed by atoms with E-state index in [-0.39, 0.29) is 5.75 Å². The Bertz CT molecular complexity index is 433. The van der Waals surface area contributed by atoms with Crippen LogP contribution in [0, 0.1) is 6.92 Å². The summed E-state index contributed by atoms with van der Waals surface area (Å²) in [5.41, 5.74) is 7.11. The van der Waals surface area contributed by atoms with Gasteiger partial charge in [-0.25, -0.2) is 0 Å². The Morgan fingerprint density at radius 3 is 3.00 bits per heavy atom. The summed E-state index contributed by atoms with van der Waals surface area (Å²) in [6, 6.07) is 3.73. The predicted molar refractivity (Wildman–Crippen MR) is 52.6 cm³/mol. The quantitative estimate of drug-likeness (QED) is 0.482. The summed E-state index contributed by atoms with van der Waals surface area (Å²) in [5, 5.41) is 12.5. The van der Waals surface area contributed by atoms with Gasteiger partial charge in [-0.2, -0.15) is 0 Å². The molecule has 0 saturated carbocycles. The lowest BCUT2D eigenvalue weighted by Crippen LogP contribution is -1.89. The van der Waals surface area contributed by atoms with Gasteiger partial charge in [0.1, 0.15) is 5.75 Å². The summed E-state index contributed by atoms with van der Waals surface area (Å²) >= 11 is 1.61. The molecule has 0 amide bonds. The maximum atomic E-state index is 9.40. The maximum absolute atomic E-state index is 9.40. The molecule has 1 aromatic heterocycles. The van der Waals surface area contributed by atoms with Crippen molar-refractivity contribution in [3.63, 3.8) is 0 Å². The molecule has 0 bridgehead atoms. The zero-order valence-electron chi connectivity index (χ0n) is 6.66. The van der Waals surface area contributed by atoms with E-state index in [1.165, 1.54) is 0 Å². The number of phenolic OH excluding ortho intramolecular Hbond substituents is 1. The molecule has 62 valence electrons. The molecule has 0 aliphatic rings. The van der Waals surface area contributed by atoms with E-state index in [1.807, 2.05) is 18.4 Å². The van der Waals surface area contributed by atoms with Crippen LogP contribution in [0.1, 0.15) is 5.56 Å². The molecule has 1 aromatic carbocycles. The molecular weight excluding hydrogens is 170 g/mol. The lowest BCUT2D eigenvalue weighted by atomic mass is 10.1. The van der Waals surface area contributed by atoms with Crippen molar-refractivity contribution in [2.24, 2.45) is 0 Å². The second kappa shape index (κ2) is 2.38. The normalized spacial score (nSPS) is 10.8. The fourth-order valence-corrected chi connectivity index (χ4v) is 2.16. The lowest BCUT2D eigenvalue weighted by Gasteiger charge is -2.03. The van der Waals surface area contributed by atoms with Crippen LogP contribution in [0.15, 0.2) is 17.5 Å². The summed E-state index contributed by atoms with van der Waals surface area (Å²) in [6.07, 6.45) is 0. The molecule has 3 N–H and O–H groups in total. The number of rotatable bonds is 0. The molecule has 2 nitrogen and oxygen atoms in total. The van der Waals surface area contributed by atoms with Crippen molar-refractivity contribution in [1.82, 2.24) is 0 Å². The van der Waals surface area contributed by atoms with Crippen LogP contribution in [0.3, 0.4) is 0 Å². The molecule has 0 fully saturated rings. The van der Waals surface area contributed by atoms with Crippen molar-refractivity contribution >= 4 is 27.1 Å². The van der Waals surface area contributed by atoms with Gasteiger partial charge >= 0.3 is 0 Å². The predicted octanol–water partition coefficient (Wildman–Crippen LogP) is 2.50. The van der Waals surface area contributed by atoms with Crippen LogP contribution in [0.4, 0.5) is 5.69 Å². The fourth-order valence-electron chi connectivity index (χ4n) is 1.28. The molecule has 0 unspecified atom stereocenters. The number of aromatic hydroxyl groups is 1. The van der Waals surface area contributed by atoms with Gasteiger partial charge in [0, 0.05) is 4.70 Å². The van der Waals surface area contributed by atoms with Crippen LogP contribution < -0.4 is 5.73 Å². The smallest absolute Gasteiger partial charge is 0.140 e. The standard InChI is InChI=1S/C9H9NOS/c1-5-6-2-3-12-8(6)4-7(11)9(5)10/h2-4,11H,10H2,1H3. The van der Waals surface area contributed by atoms with Gasteiger partial charge in [-0.3, -0.25) is 0 Å². The highest BCUT2D eigenvalue weighted by molar-refractivity contribution is 7.17. The highest BCUT2D eigenvalue weighted by Gasteiger charge is 2.06. The molecule has 0 saturated heterocycles. The molecule has 0 radical (unpaired) electrons. The number of nitrogens with two attached hydrogens (primary N) is 1. The highest BCUT2D eigenvalue weighted by Crippen LogP contribution is 2.34. The fraction of sp³-hybridized carbons (Fsp3) is 0.111. The third-order valence-corrected chi connectivity index (χ3v) is 2.91. The van der Waals surface area contributed by atoms with Crippen molar-refractivity contribution in [1.29, 1.82) is 0 Å². The first-order chi connectivity index (χ1) is 5.70. The van der Waals surface area contributed by atoms with Crippen LogP contribution >= 0.6 is 11.3 Å². The van der Waals surface area contributed by atoms with Gasteiger partial charge in [0.05, 0.1) is 5.69 Å². The zero-order chi connectivity index (χ0) is 8.72. The minimum atomic E-state index is 0.183. The second-order valence-electron chi connectivity index (χ2n) is 2.77. The first-order valence-electron chi connectivity index (χ1n) is 3.65. The topological polar surface area (TPSA) is 46.2 Å². The van der Waals surface area contributed by atoms with Crippen LogP contribution in [0.5, 0.6) is 5.75 Å². The monoisotopic (exact) mass is 179 g/mol. The summed E-state index contributed by atoms with van der Waals surface area (Å²) in [7, 11) is 0. The van der Waals surface area contributed by atoms with Gasteiger partial charge < -0.3 is 10.8 Å². The Labute approximate surface area is 74.3 Å². The third kappa shape index (κ3) is 0.865. The number of phenols is 1. The molecule has 0 aliphatic heterocycles. The SMILES string of the molecule is Cc1c(N)c(O)cc2sccc12. The van der Waals surface area contributed by atoms with Crippen molar-refractivity contribution in [3.05, 3.63) is 23.1 Å². The van der Waals surface area contributed by atoms with E-state index in [9.17, 15) is 5.11 Å². The molecular formula is C9H9NOS. The van der Waals surface area contributed by atoms with Crippen molar-refractivity contribution in [2.75, 3.05) is 5.73 Å². The Kier molecular flexibility index (Phi) is 1.48. The van der Waals surface area contributed by atoms with Crippen LogP contribution in [-0.2, 0) is 0 Å². The van der Waals surface area contributed by atoms with E-state index in [1.54, 1.807) is 17.4 Å². The lowest BCUT2D eigenvalue weighted by molar-refractivity contribution is 0.478. The molecule has 2 aromatic rings. The summed E-state index contributed by atoms with van der Waals surface area (Å²) in [4.78, 5) is 0. The minimum Gasteiger partial charge on any atom is -0.506 e. The second-order valence-corrected chi connectivity index (χ2v) is 3.71. The molecule has 3 heteroatoms. The molecule has 0 aliphatic carbocycles. The van der Waals surface area contributed by atoms with E-state index in [0.29, 0.717) is 5.69 Å². The molecule has 1 heterocycles. The van der Waals surface area contributed by atoms with Gasteiger partial charge in [0.2, 0.25) is 0 Å². The summed E-state index contributed by atoms with van der Waals surface area (Å²) < 4.78 is 1.08. The first-order valence-corrected chi connectivity index (χ1v) is 4.53. The van der Waals surface area contributed by atoms with E-state index >= 15 is 0 Å². The number of anilines is 1. The van der Waals surface area contributed by atoms with E-state index in [2.05, 4.69) is 0 Å². The van der Waals surface area contributed by atoms with Crippen LogP contribution in [-0.4, -0.2) is 5.11 Å². The number of benzene rings is 1. The average Bonchev–Trinajstić information content (AvgIpc) is 2.48. The third-order valence-electron chi connectivity index (χ3n) is 2.05. The minimum absolute atomic E-state index is 0.183. The Balaban J connectivity index is 2.94. The Hall–Kier alpha value is -1.22. The molecule has 0 atom stereocenters. The van der Waals surface area contributed by atoms with E-state index in [4.69, 9.17) is 5.73 Å².